The summed E-state index contributed by atoms with van der Waals surface area (Å²) in [6, 6.07) is 8.43. The van der Waals surface area contributed by atoms with Crippen molar-refractivity contribution < 1.29 is 0 Å². The molecule has 18 heavy (non-hydrogen) atoms. The molecular formula is C15H22N2S. The van der Waals surface area contributed by atoms with Gasteiger partial charge < -0.3 is 4.57 Å². The number of fused-ring (bicyclic) bond motifs is 1. The lowest BCUT2D eigenvalue weighted by Crippen LogP contribution is -2.14. The van der Waals surface area contributed by atoms with Crippen LogP contribution in [0.5, 0.6) is 0 Å². The summed E-state index contributed by atoms with van der Waals surface area (Å²) in [5, 5.41) is 0. The molecule has 1 atom stereocenters. The van der Waals surface area contributed by atoms with Crippen molar-refractivity contribution in [3.8, 4) is 0 Å². The first-order chi connectivity index (χ1) is 8.80. The molecule has 0 bridgehead atoms. The molecule has 0 aliphatic carbocycles. The maximum atomic E-state index is 4.76. The van der Waals surface area contributed by atoms with E-state index in [4.69, 9.17) is 4.98 Å². The molecule has 0 amide bonds. The Hall–Kier alpha value is -0.960. The molecule has 1 unspecified atom stereocenters. The molecular weight excluding hydrogens is 240 g/mol. The third kappa shape index (κ3) is 2.72. The zero-order valence-corrected chi connectivity index (χ0v) is 12.2. The van der Waals surface area contributed by atoms with Crippen LogP contribution in [0.25, 0.3) is 11.0 Å². The van der Waals surface area contributed by atoms with Gasteiger partial charge in [-0.1, -0.05) is 32.4 Å². The number of imidazole rings is 1. The summed E-state index contributed by atoms with van der Waals surface area (Å²) < 4.78 is 2.39. The van der Waals surface area contributed by atoms with Crippen LogP contribution in [0.3, 0.4) is 0 Å². The second kappa shape index (κ2) is 6.28. The number of nitrogens with zero attached hydrogens (tertiary/aromatic N) is 2. The maximum absolute atomic E-state index is 4.76. The molecule has 0 fully saturated rings. The first kappa shape index (κ1) is 13.5. The van der Waals surface area contributed by atoms with Crippen molar-refractivity contribution in [2.45, 2.75) is 39.7 Å². The SMILES string of the molecule is CCCc1nc2ccccc2n1CC(CC)CS. The van der Waals surface area contributed by atoms with E-state index >= 15 is 0 Å². The van der Waals surface area contributed by atoms with Crippen LogP contribution in [-0.2, 0) is 13.0 Å². The highest BCUT2D eigenvalue weighted by Gasteiger charge is 2.13. The Balaban J connectivity index is 2.41. The number of aryl methyl sites for hydroxylation is 1. The minimum absolute atomic E-state index is 0.626. The quantitative estimate of drug-likeness (QED) is 0.781. The highest BCUT2D eigenvalue weighted by atomic mass is 32.1. The second-order valence-electron chi connectivity index (χ2n) is 4.83. The van der Waals surface area contributed by atoms with E-state index < -0.39 is 0 Å². The van der Waals surface area contributed by atoms with Gasteiger partial charge in [-0.25, -0.2) is 4.98 Å². The van der Waals surface area contributed by atoms with Gasteiger partial charge in [0.25, 0.3) is 0 Å². The van der Waals surface area contributed by atoms with Crippen LogP contribution in [0.2, 0.25) is 0 Å². The van der Waals surface area contributed by atoms with Crippen molar-refractivity contribution in [2.75, 3.05) is 5.75 Å². The maximum Gasteiger partial charge on any atom is 0.109 e. The van der Waals surface area contributed by atoms with Gasteiger partial charge in [0.2, 0.25) is 0 Å². The topological polar surface area (TPSA) is 17.8 Å². The fourth-order valence-electron chi connectivity index (χ4n) is 2.32. The van der Waals surface area contributed by atoms with E-state index in [1.54, 1.807) is 0 Å². The van der Waals surface area contributed by atoms with Crippen molar-refractivity contribution >= 4 is 23.7 Å². The summed E-state index contributed by atoms with van der Waals surface area (Å²) in [6.45, 7) is 5.48. The van der Waals surface area contributed by atoms with Crippen LogP contribution in [0.4, 0.5) is 0 Å². The molecule has 1 aromatic carbocycles. The van der Waals surface area contributed by atoms with Crippen molar-refractivity contribution in [3.05, 3.63) is 30.1 Å². The van der Waals surface area contributed by atoms with Crippen LogP contribution in [0, 0.1) is 5.92 Å². The van der Waals surface area contributed by atoms with Crippen LogP contribution in [0.1, 0.15) is 32.5 Å². The molecule has 0 aliphatic rings. The predicted octanol–water partition coefficient (Wildman–Crippen LogP) is 3.94. The molecule has 1 aromatic heterocycles. The first-order valence-electron chi connectivity index (χ1n) is 6.85. The van der Waals surface area contributed by atoms with E-state index in [1.807, 2.05) is 0 Å². The first-order valence-corrected chi connectivity index (χ1v) is 7.48. The van der Waals surface area contributed by atoms with Crippen LogP contribution >= 0.6 is 12.6 Å². The minimum Gasteiger partial charge on any atom is -0.328 e. The Morgan fingerprint density at radius 2 is 2.06 bits per heavy atom. The van der Waals surface area contributed by atoms with Crippen LogP contribution < -0.4 is 0 Å². The van der Waals surface area contributed by atoms with Crippen molar-refractivity contribution in [1.82, 2.24) is 9.55 Å². The predicted molar refractivity (Wildman–Crippen MR) is 81.4 cm³/mol. The zero-order valence-electron chi connectivity index (χ0n) is 11.3. The average Bonchev–Trinajstić information content (AvgIpc) is 2.74. The Bertz CT molecular complexity index is 500. The normalized spacial score (nSPS) is 13.1. The zero-order chi connectivity index (χ0) is 13.0. The smallest absolute Gasteiger partial charge is 0.109 e. The fraction of sp³-hybridized carbons (Fsp3) is 0.533. The summed E-state index contributed by atoms with van der Waals surface area (Å²) in [5.41, 5.74) is 2.39. The van der Waals surface area contributed by atoms with E-state index in [0.29, 0.717) is 5.92 Å². The van der Waals surface area contributed by atoms with Gasteiger partial charge >= 0.3 is 0 Å². The van der Waals surface area contributed by atoms with Crippen LogP contribution in [0.15, 0.2) is 24.3 Å². The molecule has 3 heteroatoms. The van der Waals surface area contributed by atoms with Gasteiger partial charge in [-0.3, -0.25) is 0 Å². The van der Waals surface area contributed by atoms with Crippen molar-refractivity contribution in [2.24, 2.45) is 5.92 Å². The van der Waals surface area contributed by atoms with Gasteiger partial charge in [0.1, 0.15) is 5.82 Å². The van der Waals surface area contributed by atoms with E-state index in [-0.39, 0.29) is 0 Å². The largest absolute Gasteiger partial charge is 0.328 e. The molecule has 0 N–H and O–H groups in total. The van der Waals surface area contributed by atoms with Gasteiger partial charge in [0, 0.05) is 13.0 Å². The number of benzene rings is 1. The lowest BCUT2D eigenvalue weighted by Gasteiger charge is -2.15. The number of aromatic nitrogens is 2. The van der Waals surface area contributed by atoms with E-state index in [0.717, 1.165) is 30.7 Å². The Morgan fingerprint density at radius 3 is 2.72 bits per heavy atom. The average molecular weight is 262 g/mol. The molecule has 0 saturated heterocycles. The monoisotopic (exact) mass is 262 g/mol. The van der Waals surface area contributed by atoms with Gasteiger partial charge in [-0.2, -0.15) is 12.6 Å². The second-order valence-corrected chi connectivity index (χ2v) is 5.20. The highest BCUT2D eigenvalue weighted by Crippen LogP contribution is 2.20. The Kier molecular flexibility index (Phi) is 4.70. The lowest BCUT2D eigenvalue weighted by molar-refractivity contribution is 0.472. The summed E-state index contributed by atoms with van der Waals surface area (Å²) in [4.78, 5) is 4.76. The number of hydrogen-bond acceptors (Lipinski definition) is 2. The number of para-hydroxylation sites is 2. The summed E-state index contributed by atoms with van der Waals surface area (Å²) in [7, 11) is 0. The molecule has 0 saturated carbocycles. The minimum atomic E-state index is 0.626. The van der Waals surface area contributed by atoms with E-state index in [1.165, 1.54) is 17.8 Å². The van der Waals surface area contributed by atoms with E-state index in [2.05, 4.69) is 55.3 Å². The van der Waals surface area contributed by atoms with Crippen LogP contribution in [-0.4, -0.2) is 15.3 Å². The van der Waals surface area contributed by atoms with Gasteiger partial charge in [-0.05, 0) is 30.2 Å². The molecule has 2 rings (SSSR count). The number of hydrogen-bond donors (Lipinski definition) is 1. The third-order valence-electron chi connectivity index (χ3n) is 3.48. The Labute approximate surface area is 115 Å². The number of thiol groups is 1. The molecule has 0 spiro atoms. The van der Waals surface area contributed by atoms with Gasteiger partial charge in [-0.15, -0.1) is 0 Å². The van der Waals surface area contributed by atoms with Gasteiger partial charge in [0.05, 0.1) is 11.0 Å². The number of rotatable bonds is 6. The molecule has 98 valence electrons. The molecule has 1 heterocycles. The van der Waals surface area contributed by atoms with Crippen molar-refractivity contribution in [1.29, 1.82) is 0 Å². The standard InChI is InChI=1S/C15H22N2S/c1-3-7-15-16-13-8-5-6-9-14(13)17(15)10-12(4-2)11-18/h5-6,8-9,12,18H,3-4,7,10-11H2,1-2H3. The Morgan fingerprint density at radius 1 is 1.28 bits per heavy atom. The lowest BCUT2D eigenvalue weighted by atomic mass is 10.1. The van der Waals surface area contributed by atoms with Crippen molar-refractivity contribution in [3.63, 3.8) is 0 Å². The van der Waals surface area contributed by atoms with E-state index in [9.17, 15) is 0 Å². The molecule has 2 nitrogen and oxygen atoms in total. The third-order valence-corrected chi connectivity index (χ3v) is 4.00. The van der Waals surface area contributed by atoms with Gasteiger partial charge in [0.15, 0.2) is 0 Å². The summed E-state index contributed by atoms with van der Waals surface area (Å²) in [6.07, 6.45) is 3.36. The summed E-state index contributed by atoms with van der Waals surface area (Å²) in [5.74, 6) is 2.79. The highest BCUT2D eigenvalue weighted by molar-refractivity contribution is 7.80. The molecule has 2 aromatic rings. The summed E-state index contributed by atoms with van der Waals surface area (Å²) >= 11 is 4.45. The molecule has 0 aliphatic heterocycles. The fourth-order valence-corrected chi connectivity index (χ4v) is 2.69. The molecule has 0 radical (unpaired) electrons.